The first-order valence-electron chi connectivity index (χ1n) is 10.2. The summed E-state index contributed by atoms with van der Waals surface area (Å²) in [6.45, 7) is 4.87. The van der Waals surface area contributed by atoms with Crippen LogP contribution in [0.1, 0.15) is 32.6 Å². The number of amides is 2. The Morgan fingerprint density at radius 2 is 1.82 bits per heavy atom. The molecule has 2 bridgehead atoms. The van der Waals surface area contributed by atoms with Crippen LogP contribution >= 0.6 is 35.7 Å². The van der Waals surface area contributed by atoms with E-state index in [1.54, 1.807) is 0 Å². The topological polar surface area (TPSA) is 73.8 Å². The Kier molecular flexibility index (Phi) is 9.59. The molecule has 0 aromatic carbocycles. The highest BCUT2D eigenvalue weighted by Crippen LogP contribution is 2.52. The van der Waals surface area contributed by atoms with E-state index < -0.39 is 0 Å². The predicted molar refractivity (Wildman–Crippen MR) is 126 cm³/mol. The molecule has 158 valence electrons. The normalized spacial score (nSPS) is 27.9. The molecule has 0 aromatic rings. The second kappa shape index (κ2) is 11.4. The number of likely N-dealkylation sites (tertiary alicyclic amines) is 1. The average Bonchev–Trinajstić information content (AvgIpc) is 3.34. The van der Waals surface area contributed by atoms with Gasteiger partial charge in [-0.3, -0.25) is 19.5 Å². The van der Waals surface area contributed by atoms with Gasteiger partial charge in [0.2, 0.25) is 11.8 Å². The van der Waals surface area contributed by atoms with Crippen LogP contribution < -0.4 is 10.6 Å². The number of thioether (sulfide) groups is 1. The van der Waals surface area contributed by atoms with Gasteiger partial charge < -0.3 is 10.6 Å². The molecule has 0 radical (unpaired) electrons. The zero-order valence-corrected chi connectivity index (χ0v) is 20.0. The highest BCUT2D eigenvalue weighted by molar-refractivity contribution is 14.0. The first-order chi connectivity index (χ1) is 13.2. The maximum Gasteiger partial charge on any atom is 0.233 e. The van der Waals surface area contributed by atoms with Crippen LogP contribution in [0, 0.1) is 23.7 Å². The van der Waals surface area contributed by atoms with Crippen molar-refractivity contribution in [1.29, 1.82) is 0 Å². The van der Waals surface area contributed by atoms with Crippen molar-refractivity contribution in [1.82, 2.24) is 15.5 Å². The number of halogens is 1. The number of rotatable bonds is 10. The molecule has 0 aromatic heterocycles. The fourth-order valence-corrected chi connectivity index (χ4v) is 5.02. The van der Waals surface area contributed by atoms with Crippen molar-refractivity contribution in [2.24, 2.45) is 28.7 Å². The smallest absolute Gasteiger partial charge is 0.233 e. The molecule has 1 heterocycles. The van der Waals surface area contributed by atoms with Crippen molar-refractivity contribution in [3.05, 3.63) is 12.2 Å². The van der Waals surface area contributed by atoms with Gasteiger partial charge in [0.05, 0.1) is 11.8 Å². The zero-order chi connectivity index (χ0) is 19.2. The summed E-state index contributed by atoms with van der Waals surface area (Å²) in [5.41, 5.74) is 0. The van der Waals surface area contributed by atoms with E-state index in [1.165, 1.54) is 17.1 Å². The van der Waals surface area contributed by atoms with Crippen LogP contribution in [0.5, 0.6) is 0 Å². The SMILES string of the molecule is CCNC(=NCCCN1C(=O)C2C3C=CC(C3)C2C1=O)NCCCCSC.I. The molecule has 28 heavy (non-hydrogen) atoms. The van der Waals surface area contributed by atoms with Crippen molar-refractivity contribution in [2.75, 3.05) is 38.2 Å². The van der Waals surface area contributed by atoms with Crippen molar-refractivity contribution in [3.63, 3.8) is 0 Å². The van der Waals surface area contributed by atoms with E-state index in [4.69, 9.17) is 0 Å². The number of nitrogens with zero attached hydrogens (tertiary/aromatic N) is 2. The number of unbranched alkanes of at least 4 members (excludes halogenated alkanes) is 1. The van der Waals surface area contributed by atoms with E-state index in [9.17, 15) is 9.59 Å². The van der Waals surface area contributed by atoms with Crippen molar-refractivity contribution in [3.8, 4) is 0 Å². The molecule has 3 rings (SSSR count). The van der Waals surface area contributed by atoms with Gasteiger partial charge >= 0.3 is 0 Å². The van der Waals surface area contributed by atoms with Gasteiger partial charge in [-0.05, 0) is 56.5 Å². The van der Waals surface area contributed by atoms with Gasteiger partial charge in [0.15, 0.2) is 5.96 Å². The number of hydrogen-bond donors (Lipinski definition) is 2. The van der Waals surface area contributed by atoms with Crippen LogP contribution in [0.15, 0.2) is 17.1 Å². The number of carbonyl (C=O) groups is 2. The average molecular weight is 520 g/mol. The van der Waals surface area contributed by atoms with Crippen molar-refractivity contribution >= 4 is 53.5 Å². The lowest BCUT2D eigenvalue weighted by Gasteiger charge is -2.17. The summed E-state index contributed by atoms with van der Waals surface area (Å²) >= 11 is 1.87. The van der Waals surface area contributed by atoms with Crippen LogP contribution in [0.25, 0.3) is 0 Å². The lowest BCUT2D eigenvalue weighted by molar-refractivity contribution is -0.140. The van der Waals surface area contributed by atoms with E-state index in [0.29, 0.717) is 19.5 Å². The molecule has 4 unspecified atom stereocenters. The summed E-state index contributed by atoms with van der Waals surface area (Å²) in [5, 5.41) is 6.60. The highest BCUT2D eigenvalue weighted by Gasteiger charge is 2.58. The minimum atomic E-state index is -0.0868. The Morgan fingerprint density at radius 1 is 1.14 bits per heavy atom. The van der Waals surface area contributed by atoms with Gasteiger partial charge in [-0.1, -0.05) is 12.2 Å². The summed E-state index contributed by atoms with van der Waals surface area (Å²) in [7, 11) is 0. The van der Waals surface area contributed by atoms with Crippen molar-refractivity contribution in [2.45, 2.75) is 32.6 Å². The highest BCUT2D eigenvalue weighted by atomic mass is 127. The van der Waals surface area contributed by atoms with E-state index in [1.807, 2.05) is 18.7 Å². The van der Waals surface area contributed by atoms with Crippen LogP contribution in [0.2, 0.25) is 0 Å². The molecule has 3 aliphatic rings. The largest absolute Gasteiger partial charge is 0.357 e. The van der Waals surface area contributed by atoms with Gasteiger partial charge in [0, 0.05) is 26.2 Å². The first-order valence-corrected chi connectivity index (χ1v) is 11.6. The monoisotopic (exact) mass is 520 g/mol. The molecule has 0 spiro atoms. The molecular weight excluding hydrogens is 487 g/mol. The minimum absolute atomic E-state index is 0. The second-order valence-electron chi connectivity index (χ2n) is 7.57. The molecule has 1 saturated heterocycles. The Bertz CT molecular complexity index is 583. The third-order valence-electron chi connectivity index (χ3n) is 5.78. The maximum atomic E-state index is 12.7. The standard InChI is InChI=1S/C20H32N4O2S.HI/c1-3-21-20(22-9-4-5-12-27-2)23-10-6-11-24-18(25)16-14-7-8-15(13-14)17(16)19(24)26;/h7-8,14-17H,3-6,9-13H2,1-2H3,(H2,21,22,23);1H. The van der Waals surface area contributed by atoms with E-state index in [0.717, 1.165) is 31.9 Å². The third kappa shape index (κ3) is 5.23. The van der Waals surface area contributed by atoms with E-state index in [-0.39, 0.29) is 59.5 Å². The summed E-state index contributed by atoms with van der Waals surface area (Å²) < 4.78 is 0. The molecule has 2 fully saturated rings. The fraction of sp³-hybridized carbons (Fsp3) is 0.750. The second-order valence-corrected chi connectivity index (χ2v) is 8.55. The fourth-order valence-electron chi connectivity index (χ4n) is 4.52. The maximum absolute atomic E-state index is 12.7. The molecule has 1 saturated carbocycles. The van der Waals surface area contributed by atoms with Crippen LogP contribution in [-0.4, -0.2) is 60.9 Å². The molecule has 4 atom stereocenters. The van der Waals surface area contributed by atoms with Gasteiger partial charge in [-0.15, -0.1) is 24.0 Å². The summed E-state index contributed by atoms with van der Waals surface area (Å²) in [4.78, 5) is 31.4. The Hall–Kier alpha value is -0.770. The number of carbonyl (C=O) groups excluding carboxylic acids is 2. The molecule has 2 aliphatic carbocycles. The molecule has 8 heteroatoms. The van der Waals surface area contributed by atoms with Gasteiger partial charge in [-0.25, -0.2) is 0 Å². The third-order valence-corrected chi connectivity index (χ3v) is 6.48. The zero-order valence-electron chi connectivity index (χ0n) is 16.9. The molecule has 6 nitrogen and oxygen atoms in total. The lowest BCUT2D eigenvalue weighted by atomic mass is 9.85. The number of allylic oxidation sites excluding steroid dienone is 2. The number of fused-ring (bicyclic) bond motifs is 5. The molecule has 2 amide bonds. The Balaban J connectivity index is 0.00000280. The first kappa shape index (κ1) is 23.5. The van der Waals surface area contributed by atoms with Crippen LogP contribution in [0.3, 0.4) is 0 Å². The van der Waals surface area contributed by atoms with Crippen LogP contribution in [0.4, 0.5) is 0 Å². The molecular formula is C20H33IN4O2S. The number of guanidine groups is 1. The number of hydrogen-bond acceptors (Lipinski definition) is 4. The van der Waals surface area contributed by atoms with Crippen molar-refractivity contribution < 1.29 is 9.59 Å². The number of nitrogens with one attached hydrogen (secondary N) is 2. The van der Waals surface area contributed by atoms with Gasteiger partial charge in [0.1, 0.15) is 0 Å². The quantitative estimate of drug-likeness (QED) is 0.116. The van der Waals surface area contributed by atoms with E-state index in [2.05, 4.69) is 34.0 Å². The summed E-state index contributed by atoms with van der Waals surface area (Å²) in [6.07, 6.45) is 10.4. The number of imide groups is 1. The van der Waals surface area contributed by atoms with Gasteiger partial charge in [-0.2, -0.15) is 11.8 Å². The summed E-state index contributed by atoms with van der Waals surface area (Å²) in [6, 6.07) is 0. The number of aliphatic imine (C=N–C) groups is 1. The van der Waals surface area contributed by atoms with Gasteiger partial charge in [0.25, 0.3) is 0 Å². The van der Waals surface area contributed by atoms with E-state index >= 15 is 0 Å². The summed E-state index contributed by atoms with van der Waals surface area (Å²) in [5.74, 6) is 2.50. The molecule has 1 aliphatic heterocycles. The van der Waals surface area contributed by atoms with Crippen LogP contribution in [-0.2, 0) is 9.59 Å². The lowest BCUT2D eigenvalue weighted by Crippen LogP contribution is -2.38. The Labute approximate surface area is 189 Å². The predicted octanol–water partition coefficient (Wildman–Crippen LogP) is 2.50. The molecule has 2 N–H and O–H groups in total. The Morgan fingerprint density at radius 3 is 2.43 bits per heavy atom. The minimum Gasteiger partial charge on any atom is -0.357 e.